The highest BCUT2D eigenvalue weighted by atomic mass is 19.1. The van der Waals surface area contributed by atoms with Gasteiger partial charge in [0.05, 0.1) is 11.6 Å². The smallest absolute Gasteiger partial charge is 0.253 e. The quantitative estimate of drug-likeness (QED) is 0.888. The van der Waals surface area contributed by atoms with Crippen molar-refractivity contribution in [1.29, 1.82) is 0 Å². The summed E-state index contributed by atoms with van der Waals surface area (Å²) < 4.78 is 12.9. The molecule has 1 atom stereocenters. The van der Waals surface area contributed by atoms with Crippen LogP contribution in [-0.2, 0) is 0 Å². The number of carbonyl (C=O) groups is 1. The largest absolute Gasteiger partial charge is 0.370 e. The topological polar surface area (TPSA) is 54.0 Å². The van der Waals surface area contributed by atoms with Crippen molar-refractivity contribution in [2.24, 2.45) is 0 Å². The molecule has 1 heterocycles. The lowest BCUT2D eigenvalue weighted by molar-refractivity contribution is 0.0939. The van der Waals surface area contributed by atoms with Crippen molar-refractivity contribution in [2.45, 2.75) is 19.9 Å². The van der Waals surface area contributed by atoms with E-state index in [4.69, 9.17) is 0 Å². The van der Waals surface area contributed by atoms with Crippen LogP contribution in [0.1, 0.15) is 35.8 Å². The van der Waals surface area contributed by atoms with Gasteiger partial charge in [-0.05, 0) is 43.7 Å². The maximum Gasteiger partial charge on any atom is 0.253 e. The fourth-order valence-corrected chi connectivity index (χ4v) is 1.93. The summed E-state index contributed by atoms with van der Waals surface area (Å²) in [6.45, 7) is 4.61. The van der Waals surface area contributed by atoms with E-state index >= 15 is 0 Å². The maximum absolute atomic E-state index is 12.9. The average Bonchev–Trinajstić information content (AvgIpc) is 2.49. The van der Waals surface area contributed by atoms with Gasteiger partial charge in [0.2, 0.25) is 0 Å². The molecule has 2 aromatic rings. The van der Waals surface area contributed by atoms with Crippen molar-refractivity contribution in [3.63, 3.8) is 0 Å². The molecule has 0 fully saturated rings. The van der Waals surface area contributed by atoms with Crippen LogP contribution in [0.5, 0.6) is 0 Å². The second-order valence-electron chi connectivity index (χ2n) is 4.71. The van der Waals surface area contributed by atoms with E-state index in [1.165, 1.54) is 18.3 Å². The molecule has 4 nitrogen and oxygen atoms in total. The Morgan fingerprint density at radius 3 is 2.52 bits per heavy atom. The number of benzene rings is 1. The first kappa shape index (κ1) is 15.0. The van der Waals surface area contributed by atoms with Gasteiger partial charge >= 0.3 is 0 Å². The molecule has 1 amide bonds. The molecule has 0 saturated heterocycles. The number of anilines is 1. The number of nitrogens with zero attached hydrogens (tertiary/aromatic N) is 1. The van der Waals surface area contributed by atoms with Gasteiger partial charge in [0.1, 0.15) is 11.6 Å². The fourth-order valence-electron chi connectivity index (χ4n) is 1.93. The SMILES string of the molecule is CCNc1ccc(C(=O)NC(C)c2ccc(F)cc2)cn1. The van der Waals surface area contributed by atoms with Crippen molar-refractivity contribution in [2.75, 3.05) is 11.9 Å². The summed E-state index contributed by atoms with van der Waals surface area (Å²) in [6.07, 6.45) is 1.53. The van der Waals surface area contributed by atoms with Crippen LogP contribution >= 0.6 is 0 Å². The standard InChI is InChI=1S/C16H18FN3O/c1-3-18-15-9-6-13(10-19-15)16(21)20-11(2)12-4-7-14(17)8-5-12/h4-11H,3H2,1-2H3,(H,18,19)(H,20,21). The van der Waals surface area contributed by atoms with Gasteiger partial charge in [-0.3, -0.25) is 4.79 Å². The van der Waals surface area contributed by atoms with Crippen molar-refractivity contribution >= 4 is 11.7 Å². The lowest BCUT2D eigenvalue weighted by atomic mass is 10.1. The third-order valence-corrected chi connectivity index (χ3v) is 3.10. The van der Waals surface area contributed by atoms with E-state index < -0.39 is 0 Å². The summed E-state index contributed by atoms with van der Waals surface area (Å²) in [5, 5.41) is 5.93. The zero-order chi connectivity index (χ0) is 15.2. The van der Waals surface area contributed by atoms with Crippen molar-refractivity contribution in [3.05, 3.63) is 59.5 Å². The van der Waals surface area contributed by atoms with Gasteiger partial charge in [-0.2, -0.15) is 0 Å². The average molecular weight is 287 g/mol. The van der Waals surface area contributed by atoms with Crippen molar-refractivity contribution in [1.82, 2.24) is 10.3 Å². The fraction of sp³-hybridized carbons (Fsp3) is 0.250. The summed E-state index contributed by atoms with van der Waals surface area (Å²) >= 11 is 0. The zero-order valence-electron chi connectivity index (χ0n) is 12.1. The first-order chi connectivity index (χ1) is 10.1. The van der Waals surface area contributed by atoms with E-state index in [-0.39, 0.29) is 17.8 Å². The van der Waals surface area contributed by atoms with Crippen LogP contribution < -0.4 is 10.6 Å². The Balaban J connectivity index is 2.01. The highest BCUT2D eigenvalue weighted by molar-refractivity contribution is 5.94. The molecule has 0 bridgehead atoms. The minimum atomic E-state index is -0.291. The third-order valence-electron chi connectivity index (χ3n) is 3.10. The van der Waals surface area contributed by atoms with Gasteiger partial charge in [-0.25, -0.2) is 9.37 Å². The van der Waals surface area contributed by atoms with Gasteiger partial charge < -0.3 is 10.6 Å². The Hall–Kier alpha value is -2.43. The molecule has 1 aromatic carbocycles. The Kier molecular flexibility index (Phi) is 4.87. The van der Waals surface area contributed by atoms with Crippen molar-refractivity contribution in [3.8, 4) is 0 Å². The molecule has 110 valence electrons. The highest BCUT2D eigenvalue weighted by Crippen LogP contribution is 2.14. The summed E-state index contributed by atoms with van der Waals surface area (Å²) in [5.41, 5.74) is 1.34. The van der Waals surface area contributed by atoms with Crippen LogP contribution in [0.4, 0.5) is 10.2 Å². The Bertz CT molecular complexity index is 596. The lowest BCUT2D eigenvalue weighted by Gasteiger charge is -2.14. The number of aromatic nitrogens is 1. The lowest BCUT2D eigenvalue weighted by Crippen LogP contribution is -2.26. The van der Waals surface area contributed by atoms with Crippen LogP contribution in [0.2, 0.25) is 0 Å². The van der Waals surface area contributed by atoms with Gasteiger partial charge in [-0.15, -0.1) is 0 Å². The monoisotopic (exact) mass is 287 g/mol. The van der Waals surface area contributed by atoms with Crippen LogP contribution in [0.15, 0.2) is 42.6 Å². The predicted molar refractivity (Wildman–Crippen MR) is 80.7 cm³/mol. The minimum Gasteiger partial charge on any atom is -0.370 e. The van der Waals surface area contributed by atoms with E-state index in [9.17, 15) is 9.18 Å². The van der Waals surface area contributed by atoms with Gasteiger partial charge in [0, 0.05) is 12.7 Å². The van der Waals surface area contributed by atoms with Gasteiger partial charge in [0.15, 0.2) is 0 Å². The first-order valence-electron chi connectivity index (χ1n) is 6.86. The van der Waals surface area contributed by atoms with Crippen LogP contribution in [-0.4, -0.2) is 17.4 Å². The zero-order valence-corrected chi connectivity index (χ0v) is 12.1. The Morgan fingerprint density at radius 2 is 1.95 bits per heavy atom. The molecule has 0 spiro atoms. The van der Waals surface area contributed by atoms with Crippen LogP contribution in [0.3, 0.4) is 0 Å². The number of carbonyl (C=O) groups excluding carboxylic acids is 1. The number of amides is 1. The van der Waals surface area contributed by atoms with E-state index in [2.05, 4.69) is 15.6 Å². The van der Waals surface area contributed by atoms with E-state index in [1.54, 1.807) is 24.3 Å². The second-order valence-corrected chi connectivity index (χ2v) is 4.71. The van der Waals surface area contributed by atoms with E-state index in [0.717, 1.165) is 17.9 Å². The number of rotatable bonds is 5. The van der Waals surface area contributed by atoms with Crippen LogP contribution in [0.25, 0.3) is 0 Å². The molecule has 1 unspecified atom stereocenters. The second kappa shape index (κ2) is 6.83. The molecule has 0 aliphatic carbocycles. The normalized spacial score (nSPS) is 11.8. The van der Waals surface area contributed by atoms with E-state index in [0.29, 0.717) is 5.56 Å². The van der Waals surface area contributed by atoms with Crippen molar-refractivity contribution < 1.29 is 9.18 Å². The molecular weight excluding hydrogens is 269 g/mol. The molecule has 0 aliphatic heterocycles. The molecule has 1 aromatic heterocycles. The summed E-state index contributed by atoms with van der Waals surface area (Å²) in [4.78, 5) is 16.3. The Labute approximate surface area is 123 Å². The summed E-state index contributed by atoms with van der Waals surface area (Å²) in [7, 11) is 0. The minimum absolute atomic E-state index is 0.202. The van der Waals surface area contributed by atoms with Gasteiger partial charge in [0.25, 0.3) is 5.91 Å². The third kappa shape index (κ3) is 4.02. The van der Waals surface area contributed by atoms with E-state index in [1.807, 2.05) is 13.8 Å². The number of hydrogen-bond donors (Lipinski definition) is 2. The molecule has 5 heteroatoms. The number of hydrogen-bond acceptors (Lipinski definition) is 3. The Morgan fingerprint density at radius 1 is 1.24 bits per heavy atom. The first-order valence-corrected chi connectivity index (χ1v) is 6.86. The molecular formula is C16H18FN3O. The molecule has 0 radical (unpaired) electrons. The summed E-state index contributed by atoms with van der Waals surface area (Å²) in [6, 6.07) is 9.36. The number of nitrogens with one attached hydrogen (secondary N) is 2. The van der Waals surface area contributed by atoms with Gasteiger partial charge in [-0.1, -0.05) is 12.1 Å². The molecule has 2 rings (SSSR count). The number of halogens is 1. The molecule has 0 aliphatic rings. The summed E-state index contributed by atoms with van der Waals surface area (Å²) in [5.74, 6) is 0.239. The molecule has 2 N–H and O–H groups in total. The number of pyridine rings is 1. The van der Waals surface area contributed by atoms with Crippen LogP contribution in [0, 0.1) is 5.82 Å². The molecule has 0 saturated carbocycles. The molecule has 21 heavy (non-hydrogen) atoms. The maximum atomic E-state index is 12.9. The highest BCUT2D eigenvalue weighted by Gasteiger charge is 2.11. The predicted octanol–water partition coefficient (Wildman–Crippen LogP) is 3.14.